The molecule has 1 unspecified atom stereocenters. The Balaban J connectivity index is 1.05. The Morgan fingerprint density at radius 1 is 1.18 bits per heavy atom. The van der Waals surface area contributed by atoms with Crippen LogP contribution < -0.4 is 10.2 Å². The van der Waals surface area contributed by atoms with E-state index in [1.807, 2.05) is 12.1 Å². The van der Waals surface area contributed by atoms with Crippen LogP contribution in [0.3, 0.4) is 0 Å². The molecular weight excluding hydrogens is 607 g/mol. The first-order valence-corrected chi connectivity index (χ1v) is 17.3. The van der Waals surface area contributed by atoms with Crippen LogP contribution in [0.15, 0.2) is 40.9 Å². The number of fused-ring (bicyclic) bond motifs is 3. The summed E-state index contributed by atoms with van der Waals surface area (Å²) in [4.78, 5) is 19.4. The Kier molecular flexibility index (Phi) is 7.68. The number of nitrogens with zero attached hydrogens (tertiary/aromatic N) is 3. The number of aryl methyl sites for hydroxylation is 1. The highest BCUT2D eigenvalue weighted by molar-refractivity contribution is 7.85. The summed E-state index contributed by atoms with van der Waals surface area (Å²) in [7, 11) is -4.21. The van der Waals surface area contributed by atoms with Gasteiger partial charge in [0.25, 0.3) is 16.0 Å². The molecule has 0 spiro atoms. The van der Waals surface area contributed by atoms with Crippen LogP contribution in [0, 0.1) is 12.7 Å². The van der Waals surface area contributed by atoms with Crippen molar-refractivity contribution < 1.29 is 31.4 Å². The lowest BCUT2D eigenvalue weighted by Crippen LogP contribution is -2.45. The first-order valence-electron chi connectivity index (χ1n) is 14.9. The molecule has 2 aromatic heterocycles. The SMILES string of the molecule is Cc1ccccc1-c1noc(C2CC2)c1CO[C@@H]1CC2CC[C@@H](C1)N2c1nc2c(F)cc(C(=O)NCCS(=O)(=O)O)cc2s1. The molecule has 1 amide bonds. The number of benzene rings is 2. The lowest BCUT2D eigenvalue weighted by Gasteiger charge is -2.38. The van der Waals surface area contributed by atoms with Gasteiger partial charge in [0.05, 0.1) is 23.2 Å². The largest absolute Gasteiger partial charge is 0.373 e. The van der Waals surface area contributed by atoms with Crippen molar-refractivity contribution in [1.29, 1.82) is 0 Å². The van der Waals surface area contributed by atoms with Crippen molar-refractivity contribution in [2.24, 2.45) is 0 Å². The van der Waals surface area contributed by atoms with Gasteiger partial charge >= 0.3 is 0 Å². The predicted octanol–water partition coefficient (Wildman–Crippen LogP) is 5.61. The van der Waals surface area contributed by atoms with E-state index < -0.39 is 27.6 Å². The second-order valence-corrected chi connectivity index (χ2v) is 14.6. The number of rotatable bonds is 10. The van der Waals surface area contributed by atoms with Gasteiger partial charge in [-0.05, 0) is 63.1 Å². The molecule has 3 aliphatic rings. The van der Waals surface area contributed by atoms with E-state index in [0.717, 1.165) is 77.9 Å². The summed E-state index contributed by atoms with van der Waals surface area (Å²) in [5.41, 5.74) is 4.41. The van der Waals surface area contributed by atoms with Gasteiger partial charge in [0.15, 0.2) is 10.9 Å². The van der Waals surface area contributed by atoms with Crippen molar-refractivity contribution in [3.8, 4) is 11.3 Å². The zero-order valence-electron chi connectivity index (χ0n) is 24.2. The fraction of sp³-hybridized carbons (Fsp3) is 0.452. The monoisotopic (exact) mass is 640 g/mol. The third-order valence-corrected chi connectivity index (χ3v) is 10.6. The van der Waals surface area contributed by atoms with Crippen LogP contribution in [0.2, 0.25) is 0 Å². The Hall–Kier alpha value is -3.39. The third-order valence-electron chi connectivity index (χ3n) is 8.89. The lowest BCUT2D eigenvalue weighted by atomic mass is 9.99. The molecule has 4 heterocycles. The maximum Gasteiger partial charge on any atom is 0.266 e. The van der Waals surface area contributed by atoms with Gasteiger partial charge in [-0.15, -0.1) is 0 Å². The number of hydrogen-bond donors (Lipinski definition) is 2. The van der Waals surface area contributed by atoms with Gasteiger partial charge in [0.2, 0.25) is 0 Å². The highest BCUT2D eigenvalue weighted by Crippen LogP contribution is 2.46. The second-order valence-electron chi connectivity index (χ2n) is 12.0. The van der Waals surface area contributed by atoms with Crippen LogP contribution >= 0.6 is 11.3 Å². The second kappa shape index (κ2) is 11.5. The van der Waals surface area contributed by atoms with E-state index in [2.05, 4.69) is 39.4 Å². The molecule has 1 aliphatic carbocycles. The number of ether oxygens (including phenoxy) is 1. The van der Waals surface area contributed by atoms with Gasteiger partial charge < -0.3 is 19.5 Å². The summed E-state index contributed by atoms with van der Waals surface area (Å²) in [6, 6.07) is 11.3. The number of piperidine rings is 1. The van der Waals surface area contributed by atoms with Gasteiger partial charge in [-0.3, -0.25) is 9.35 Å². The smallest absolute Gasteiger partial charge is 0.266 e. The van der Waals surface area contributed by atoms with Crippen LogP contribution in [0.4, 0.5) is 9.52 Å². The number of halogens is 1. The summed E-state index contributed by atoms with van der Waals surface area (Å²) in [5, 5.41) is 7.61. The van der Waals surface area contributed by atoms with E-state index in [0.29, 0.717) is 17.2 Å². The van der Waals surface area contributed by atoms with Crippen molar-refractivity contribution in [3.63, 3.8) is 0 Å². The number of aromatic nitrogens is 2. The third kappa shape index (κ3) is 5.85. The van der Waals surface area contributed by atoms with Crippen molar-refractivity contribution in [3.05, 3.63) is 64.7 Å². The minimum atomic E-state index is -4.21. The Morgan fingerprint density at radius 2 is 1.93 bits per heavy atom. The van der Waals surface area contributed by atoms with Gasteiger partial charge in [0, 0.05) is 41.2 Å². The van der Waals surface area contributed by atoms with E-state index in [1.165, 1.54) is 11.3 Å². The molecule has 10 nitrogen and oxygen atoms in total. The molecule has 2 aromatic carbocycles. The summed E-state index contributed by atoms with van der Waals surface area (Å²) < 4.78 is 58.8. The summed E-state index contributed by atoms with van der Waals surface area (Å²) in [5.74, 6) is -0.484. The average Bonchev–Trinajstić information content (AvgIpc) is 3.49. The Bertz CT molecular complexity index is 1820. The Morgan fingerprint density at radius 3 is 2.64 bits per heavy atom. The lowest BCUT2D eigenvalue weighted by molar-refractivity contribution is 0.0147. The number of thiazole rings is 1. The van der Waals surface area contributed by atoms with E-state index in [-0.39, 0.29) is 35.8 Å². The van der Waals surface area contributed by atoms with Crippen molar-refractivity contribution in [2.45, 2.75) is 76.2 Å². The zero-order valence-corrected chi connectivity index (χ0v) is 25.8. The quantitative estimate of drug-likeness (QED) is 0.212. The molecule has 232 valence electrons. The number of carbonyl (C=O) groups is 1. The van der Waals surface area contributed by atoms with Crippen molar-refractivity contribution >= 4 is 42.7 Å². The molecule has 44 heavy (non-hydrogen) atoms. The van der Waals surface area contributed by atoms with E-state index >= 15 is 4.39 Å². The highest BCUT2D eigenvalue weighted by atomic mass is 32.2. The summed E-state index contributed by atoms with van der Waals surface area (Å²) in [6.07, 6.45) is 5.96. The predicted molar refractivity (Wildman–Crippen MR) is 164 cm³/mol. The molecule has 2 saturated heterocycles. The number of amides is 1. The fourth-order valence-corrected chi connectivity index (χ4v) is 8.09. The van der Waals surface area contributed by atoms with Gasteiger partial charge in [0.1, 0.15) is 17.0 Å². The molecule has 1 saturated carbocycles. The normalized spacial score (nSPS) is 21.7. The van der Waals surface area contributed by atoms with Crippen LogP contribution in [-0.2, 0) is 21.5 Å². The summed E-state index contributed by atoms with van der Waals surface area (Å²) >= 11 is 1.35. The van der Waals surface area contributed by atoms with Gasteiger partial charge in [-0.25, -0.2) is 9.37 Å². The topological polar surface area (TPSA) is 135 Å². The molecule has 2 bridgehead atoms. The molecule has 7 rings (SSSR count). The van der Waals surface area contributed by atoms with Crippen LogP contribution in [0.5, 0.6) is 0 Å². The van der Waals surface area contributed by atoms with Crippen LogP contribution in [0.1, 0.15) is 71.7 Å². The number of nitrogens with one attached hydrogen (secondary N) is 1. The molecule has 4 aromatic rings. The maximum atomic E-state index is 15.1. The van der Waals surface area contributed by atoms with Crippen molar-refractivity contribution in [1.82, 2.24) is 15.5 Å². The van der Waals surface area contributed by atoms with E-state index in [1.54, 1.807) is 6.07 Å². The standard InChI is InChI=1S/C31H33FN4O6S2/c1-17-4-2-3-5-23(17)27-24(29(42-35-27)18-6-7-18)16-41-22-14-20-8-9-21(15-22)36(20)31-34-28-25(32)12-19(13-26(28)43-31)30(37)33-10-11-44(38,39)40/h2-5,12-13,18,20-22H,6-11,14-16H2,1H3,(H,33,37)(H,38,39,40)/t20-,21?,22-/m0/s1. The molecule has 0 radical (unpaired) electrons. The fourth-order valence-electron chi connectivity index (χ4n) is 6.57. The first-order chi connectivity index (χ1) is 21.1. The van der Waals surface area contributed by atoms with Crippen molar-refractivity contribution in [2.75, 3.05) is 17.2 Å². The van der Waals surface area contributed by atoms with E-state index in [9.17, 15) is 13.2 Å². The summed E-state index contributed by atoms with van der Waals surface area (Å²) in [6.45, 7) is 2.25. The molecule has 2 N–H and O–H groups in total. The van der Waals surface area contributed by atoms with Gasteiger partial charge in [-0.2, -0.15) is 8.42 Å². The van der Waals surface area contributed by atoms with Crippen LogP contribution in [-0.4, -0.2) is 59.5 Å². The maximum absolute atomic E-state index is 15.1. The first kappa shape index (κ1) is 29.3. The zero-order chi connectivity index (χ0) is 30.6. The molecule has 2 aliphatic heterocycles. The molecule has 3 atom stereocenters. The number of anilines is 1. The van der Waals surface area contributed by atoms with E-state index in [4.69, 9.17) is 13.8 Å². The highest BCUT2D eigenvalue weighted by Gasteiger charge is 2.43. The molecule has 3 fully saturated rings. The van der Waals surface area contributed by atoms with Gasteiger partial charge in [-0.1, -0.05) is 40.8 Å². The average molecular weight is 641 g/mol. The molecule has 13 heteroatoms. The minimum absolute atomic E-state index is 0.0690. The number of carbonyl (C=O) groups excluding carboxylic acids is 1. The minimum Gasteiger partial charge on any atom is -0.373 e. The number of hydrogen-bond acceptors (Lipinski definition) is 9. The van der Waals surface area contributed by atoms with Crippen LogP contribution in [0.25, 0.3) is 21.5 Å². The Labute approximate surface area is 258 Å². The molecular formula is C31H33FN4O6S2.